The Kier molecular flexibility index (Phi) is 10.3. The van der Waals surface area contributed by atoms with Crippen molar-refractivity contribution in [2.24, 2.45) is 4.99 Å². The number of nitrogens with zero attached hydrogens (tertiary/aromatic N) is 6. The molecule has 2 saturated heterocycles. The molecule has 2 aliphatic heterocycles. The van der Waals surface area contributed by atoms with Gasteiger partial charge in [0.25, 0.3) is 5.91 Å². The number of halogens is 2. The third-order valence-corrected chi connectivity index (χ3v) is 8.17. The molecule has 11 heteroatoms. The Bertz CT molecular complexity index is 1220. The zero-order valence-corrected chi connectivity index (χ0v) is 25.3. The van der Waals surface area contributed by atoms with Gasteiger partial charge in [-0.1, -0.05) is 30.1 Å². The molecule has 0 radical (unpaired) electrons. The van der Waals surface area contributed by atoms with Crippen LogP contribution in [0.5, 0.6) is 0 Å². The molecule has 0 saturated carbocycles. The molecule has 1 unspecified atom stereocenters. The molecule has 1 aromatic heterocycles. The molecule has 1 amide bonds. The van der Waals surface area contributed by atoms with E-state index >= 15 is 0 Å². The van der Waals surface area contributed by atoms with E-state index in [1.54, 1.807) is 37.5 Å². The van der Waals surface area contributed by atoms with Gasteiger partial charge in [0.05, 0.1) is 6.20 Å². The Morgan fingerprint density at radius 2 is 1.88 bits per heavy atom. The molecule has 1 aromatic carbocycles. The number of rotatable bonds is 8. The Morgan fingerprint density at radius 3 is 2.48 bits per heavy atom. The van der Waals surface area contributed by atoms with Gasteiger partial charge in [-0.3, -0.25) is 14.7 Å². The number of hydrogen-bond donors (Lipinski definition) is 1. The number of aromatic nitrogens is 2. The summed E-state index contributed by atoms with van der Waals surface area (Å²) in [5.74, 6) is 1.43. The van der Waals surface area contributed by atoms with Crippen LogP contribution in [0, 0.1) is 0 Å². The van der Waals surface area contributed by atoms with Gasteiger partial charge in [-0.25, -0.2) is 9.97 Å². The fourth-order valence-electron chi connectivity index (χ4n) is 5.56. The summed E-state index contributed by atoms with van der Waals surface area (Å²) in [5.41, 5.74) is 1.14. The van der Waals surface area contributed by atoms with E-state index in [9.17, 15) is 4.79 Å². The maximum absolute atomic E-state index is 13.0. The molecule has 2 atom stereocenters. The van der Waals surface area contributed by atoms with Gasteiger partial charge in [-0.05, 0) is 64.0 Å². The van der Waals surface area contributed by atoms with Gasteiger partial charge >= 0.3 is 0 Å². The van der Waals surface area contributed by atoms with Crippen LogP contribution in [0.3, 0.4) is 0 Å². The highest BCUT2D eigenvalue weighted by Crippen LogP contribution is 2.31. The van der Waals surface area contributed by atoms with Crippen molar-refractivity contribution < 1.29 is 9.53 Å². The Labute approximate surface area is 247 Å². The number of piperazine rings is 1. The van der Waals surface area contributed by atoms with Crippen molar-refractivity contribution >= 4 is 40.8 Å². The average Bonchev–Trinajstić information content (AvgIpc) is 2.96. The summed E-state index contributed by atoms with van der Waals surface area (Å²) < 4.78 is 5.69. The number of anilines is 1. The molecule has 216 valence electrons. The highest BCUT2D eigenvalue weighted by Gasteiger charge is 2.38. The van der Waals surface area contributed by atoms with Crippen LogP contribution >= 0.6 is 23.2 Å². The third kappa shape index (κ3) is 6.87. The van der Waals surface area contributed by atoms with E-state index in [-0.39, 0.29) is 11.9 Å². The molecule has 1 N–H and O–H groups in total. The molecule has 0 aliphatic carbocycles. The molecular formula is C29H39Cl2N7O2. The fraction of sp³-hybridized carbons (Fsp3) is 0.517. The maximum atomic E-state index is 13.0. The van der Waals surface area contributed by atoms with Gasteiger partial charge in [-0.15, -0.1) is 0 Å². The number of carbonyl (C=O) groups excluding carboxylic acids is 1. The van der Waals surface area contributed by atoms with E-state index in [0.717, 1.165) is 45.4 Å². The summed E-state index contributed by atoms with van der Waals surface area (Å²) in [4.78, 5) is 33.3. The number of amides is 1. The first-order valence-corrected chi connectivity index (χ1v) is 14.7. The number of hydrogen-bond acceptors (Lipinski definition) is 8. The lowest BCUT2D eigenvalue weighted by Gasteiger charge is -2.50. The lowest BCUT2D eigenvalue weighted by atomic mass is 9.96. The van der Waals surface area contributed by atoms with Gasteiger partial charge in [0.15, 0.2) is 16.9 Å². The maximum Gasteiger partial charge on any atom is 0.253 e. The highest BCUT2D eigenvalue weighted by molar-refractivity contribution is 6.32. The first-order chi connectivity index (χ1) is 19.2. The van der Waals surface area contributed by atoms with Gasteiger partial charge in [0.2, 0.25) is 5.90 Å². The standard InChI is InChI=1S/C29H39Cl2N7O2/c1-6-23-18-37(27-26(31)35-25(16-34-27)28(32-5)40-20(4)33-7-2)19(3)17-38(23)24-12-14-36(15-13-24)29(39)21-8-10-22(30)11-9-21/h8-11,16,19,23-24,33H,4,6-7,12-15,17-18H2,1-3,5H3/t19-,23?/m1/s1. The Balaban J connectivity index is 1.40. The number of ether oxygens (including phenoxy) is 1. The number of piperidine rings is 1. The van der Waals surface area contributed by atoms with Crippen LogP contribution in [0.2, 0.25) is 10.2 Å². The van der Waals surface area contributed by atoms with E-state index in [1.165, 1.54) is 0 Å². The average molecular weight is 589 g/mol. The number of aliphatic imine (C=N–C) groups is 1. The quantitative estimate of drug-likeness (QED) is 0.268. The second-order valence-corrected chi connectivity index (χ2v) is 11.0. The number of nitrogens with one attached hydrogen (secondary N) is 1. The smallest absolute Gasteiger partial charge is 0.253 e. The second kappa shape index (κ2) is 13.7. The predicted molar refractivity (Wildman–Crippen MR) is 161 cm³/mol. The van der Waals surface area contributed by atoms with Crippen molar-refractivity contribution in [2.75, 3.05) is 44.7 Å². The van der Waals surface area contributed by atoms with Gasteiger partial charge in [-0.2, -0.15) is 0 Å². The molecule has 9 nitrogen and oxygen atoms in total. The number of likely N-dealkylation sites (tertiary alicyclic amines) is 1. The molecule has 3 heterocycles. The molecule has 2 aromatic rings. The monoisotopic (exact) mass is 587 g/mol. The van der Waals surface area contributed by atoms with Crippen molar-refractivity contribution in [3.63, 3.8) is 0 Å². The second-order valence-electron chi connectivity index (χ2n) is 10.2. The first kappa shape index (κ1) is 30.1. The van der Waals surface area contributed by atoms with E-state index in [2.05, 4.69) is 45.5 Å². The van der Waals surface area contributed by atoms with Gasteiger partial charge in [0, 0.05) is 68.5 Å². The van der Waals surface area contributed by atoms with Crippen molar-refractivity contribution in [3.05, 3.63) is 64.4 Å². The molecule has 0 spiro atoms. The summed E-state index contributed by atoms with van der Waals surface area (Å²) >= 11 is 12.7. The lowest BCUT2D eigenvalue weighted by molar-refractivity contribution is 0.0434. The molecule has 2 aliphatic rings. The van der Waals surface area contributed by atoms with Crippen molar-refractivity contribution in [3.8, 4) is 0 Å². The molecular weight excluding hydrogens is 549 g/mol. The minimum absolute atomic E-state index is 0.0737. The molecule has 40 heavy (non-hydrogen) atoms. The molecule has 0 bridgehead atoms. The fourth-order valence-corrected chi connectivity index (χ4v) is 5.94. The van der Waals surface area contributed by atoms with E-state index in [0.29, 0.717) is 57.7 Å². The SMILES string of the molecule is C=C(NCC)OC(=NC)c1cnc(N2CC(CC)N(C3CCN(C(=O)c4ccc(Cl)cc4)CC3)C[C@H]2C)c(Cl)n1. The van der Waals surface area contributed by atoms with Crippen LogP contribution in [0.25, 0.3) is 0 Å². The predicted octanol–water partition coefficient (Wildman–Crippen LogP) is 4.85. The summed E-state index contributed by atoms with van der Waals surface area (Å²) in [6.07, 6.45) is 4.56. The van der Waals surface area contributed by atoms with Crippen LogP contribution < -0.4 is 10.2 Å². The first-order valence-electron chi connectivity index (χ1n) is 13.9. The summed E-state index contributed by atoms with van der Waals surface area (Å²) in [6, 6.07) is 8.10. The van der Waals surface area contributed by atoms with E-state index in [4.69, 9.17) is 32.9 Å². The van der Waals surface area contributed by atoms with E-state index < -0.39 is 0 Å². The van der Waals surface area contributed by atoms with Crippen LogP contribution in [-0.2, 0) is 4.74 Å². The number of carbonyl (C=O) groups is 1. The molecule has 4 rings (SSSR count). The lowest BCUT2D eigenvalue weighted by Crippen LogP contribution is -2.62. The van der Waals surface area contributed by atoms with Crippen molar-refractivity contribution in [2.45, 2.75) is 58.2 Å². The topological polar surface area (TPSA) is 86.2 Å². The molecule has 2 fully saturated rings. The summed E-state index contributed by atoms with van der Waals surface area (Å²) in [6.45, 7) is 14.1. The van der Waals surface area contributed by atoms with Crippen molar-refractivity contribution in [1.29, 1.82) is 0 Å². The largest absolute Gasteiger partial charge is 0.422 e. The minimum atomic E-state index is 0.0737. The Hall–Kier alpha value is -2.88. The van der Waals surface area contributed by atoms with Crippen molar-refractivity contribution in [1.82, 2.24) is 25.1 Å². The van der Waals surface area contributed by atoms with Crippen LogP contribution in [0.15, 0.2) is 47.9 Å². The van der Waals surface area contributed by atoms with Gasteiger partial charge < -0.3 is 19.9 Å². The zero-order valence-electron chi connectivity index (χ0n) is 23.7. The summed E-state index contributed by atoms with van der Waals surface area (Å²) in [7, 11) is 1.63. The third-order valence-electron chi connectivity index (χ3n) is 7.67. The summed E-state index contributed by atoms with van der Waals surface area (Å²) in [5, 5.41) is 3.96. The number of benzene rings is 1. The van der Waals surface area contributed by atoms with Gasteiger partial charge in [0.1, 0.15) is 5.69 Å². The Morgan fingerprint density at radius 1 is 1.18 bits per heavy atom. The van der Waals surface area contributed by atoms with Crippen LogP contribution in [0.1, 0.15) is 56.1 Å². The highest BCUT2D eigenvalue weighted by atomic mass is 35.5. The van der Waals surface area contributed by atoms with Crippen LogP contribution in [-0.4, -0.2) is 89.5 Å². The minimum Gasteiger partial charge on any atom is -0.422 e. The van der Waals surface area contributed by atoms with Crippen LogP contribution in [0.4, 0.5) is 5.82 Å². The normalized spacial score (nSPS) is 20.9. The van der Waals surface area contributed by atoms with E-state index in [1.807, 2.05) is 11.8 Å². The zero-order chi connectivity index (χ0) is 28.8.